The smallest absolute Gasteiger partial charge is 0.240 e. The van der Waals surface area contributed by atoms with Gasteiger partial charge in [0.2, 0.25) is 11.8 Å². The minimum atomic E-state index is -0.193. The molecule has 0 aromatic carbocycles. The number of ether oxygens (including phenoxy) is 1. The van der Waals surface area contributed by atoms with E-state index in [0.717, 1.165) is 23.5 Å². The van der Waals surface area contributed by atoms with Crippen LogP contribution in [0.15, 0.2) is 16.8 Å². The van der Waals surface area contributed by atoms with E-state index in [0.29, 0.717) is 18.9 Å². The average molecular weight is 451 g/mol. The van der Waals surface area contributed by atoms with Gasteiger partial charge >= 0.3 is 0 Å². The van der Waals surface area contributed by atoms with E-state index in [2.05, 4.69) is 42.9 Å². The summed E-state index contributed by atoms with van der Waals surface area (Å²) in [7, 11) is 3.49. The van der Waals surface area contributed by atoms with Crippen LogP contribution in [0.3, 0.4) is 0 Å². The van der Waals surface area contributed by atoms with Gasteiger partial charge in [0.25, 0.3) is 0 Å². The summed E-state index contributed by atoms with van der Waals surface area (Å²) in [6.07, 6.45) is 0.734. The average Bonchev–Trinajstić information content (AvgIpc) is 3.29. The van der Waals surface area contributed by atoms with E-state index in [4.69, 9.17) is 9.84 Å². The summed E-state index contributed by atoms with van der Waals surface area (Å²) in [4.78, 5) is 27.3. The second-order valence-corrected chi connectivity index (χ2v) is 10.3. The zero-order chi connectivity index (χ0) is 21.9. The Labute approximate surface area is 186 Å². The first kappa shape index (κ1) is 22.8. The van der Waals surface area contributed by atoms with Crippen LogP contribution in [-0.4, -0.2) is 54.2 Å². The molecule has 1 aliphatic heterocycles. The van der Waals surface area contributed by atoms with Crippen LogP contribution in [0.5, 0.6) is 0 Å². The number of aryl methyl sites for hydroxylation is 1. The van der Waals surface area contributed by atoms with Crippen LogP contribution in [0.1, 0.15) is 49.3 Å². The molecule has 0 bridgehead atoms. The highest BCUT2D eigenvalue weighted by Gasteiger charge is 2.38. The number of nitrogens with one attached hydrogen (secondary N) is 1. The number of aromatic nitrogens is 2. The van der Waals surface area contributed by atoms with Crippen LogP contribution < -0.4 is 10.2 Å². The number of rotatable bonds is 7. The van der Waals surface area contributed by atoms with Crippen molar-refractivity contribution in [3.8, 4) is 0 Å². The lowest BCUT2D eigenvalue weighted by Gasteiger charge is -2.23. The summed E-state index contributed by atoms with van der Waals surface area (Å²) in [5.74, 6) is 0.783. The number of hydrogen-bond acceptors (Lipinski definition) is 6. The molecule has 2 aromatic rings. The molecular weight excluding hydrogens is 420 g/mol. The summed E-state index contributed by atoms with van der Waals surface area (Å²) in [5, 5.41) is 11.9. The number of fused-ring (bicyclic) bond motifs is 1. The molecule has 3 rings (SSSR count). The van der Waals surface area contributed by atoms with Crippen molar-refractivity contribution in [3.05, 3.63) is 33.6 Å². The molecule has 1 N–H and O–H groups in total. The molecule has 0 radical (unpaired) electrons. The third kappa shape index (κ3) is 4.90. The zero-order valence-electron chi connectivity index (χ0n) is 18.2. The third-order valence-electron chi connectivity index (χ3n) is 4.95. The maximum absolute atomic E-state index is 13.1. The van der Waals surface area contributed by atoms with Crippen molar-refractivity contribution in [1.82, 2.24) is 15.1 Å². The largest absolute Gasteiger partial charge is 0.385 e. The molecular formula is C21H30N4O3S2. The molecule has 0 saturated carbocycles. The fraction of sp³-hybridized carbons (Fsp3) is 0.571. The number of anilines is 1. The predicted octanol–water partition coefficient (Wildman–Crippen LogP) is 3.10. The Balaban J connectivity index is 1.99. The van der Waals surface area contributed by atoms with Crippen molar-refractivity contribution in [1.29, 1.82) is 0 Å². The second kappa shape index (κ2) is 9.53. The summed E-state index contributed by atoms with van der Waals surface area (Å²) < 4.78 is 6.78. The molecule has 1 aliphatic rings. The molecule has 9 heteroatoms. The van der Waals surface area contributed by atoms with Gasteiger partial charge in [0, 0.05) is 38.3 Å². The van der Waals surface area contributed by atoms with Gasteiger partial charge in [-0.1, -0.05) is 20.8 Å². The van der Waals surface area contributed by atoms with Gasteiger partial charge in [0.1, 0.15) is 12.4 Å². The maximum Gasteiger partial charge on any atom is 0.240 e. The van der Waals surface area contributed by atoms with Gasteiger partial charge in [-0.3, -0.25) is 19.2 Å². The second-order valence-electron chi connectivity index (χ2n) is 8.38. The number of thioether (sulfide) groups is 1. The molecule has 0 saturated heterocycles. The summed E-state index contributed by atoms with van der Waals surface area (Å²) >= 11 is 3.25. The number of amides is 2. The highest BCUT2D eigenvalue weighted by molar-refractivity contribution is 8.00. The Bertz CT molecular complexity index is 887. The van der Waals surface area contributed by atoms with E-state index in [1.807, 2.05) is 7.05 Å². The van der Waals surface area contributed by atoms with E-state index in [1.54, 1.807) is 39.8 Å². The first-order valence-corrected chi connectivity index (χ1v) is 12.0. The molecule has 0 spiro atoms. The van der Waals surface area contributed by atoms with Crippen molar-refractivity contribution in [3.63, 3.8) is 0 Å². The standard InChI is InChI=1S/C21H30N4O3S2/c1-21(2,3)19-17-18(14-7-10-29-12-14)30-13-16(27)25(20(17)24(4)23-19)11-15(26)22-8-6-9-28-5/h7,10,12,18H,6,8-9,11,13H2,1-5H3,(H,22,26). The predicted molar refractivity (Wildman–Crippen MR) is 122 cm³/mol. The number of carbonyl (C=O) groups excluding carboxylic acids is 2. The summed E-state index contributed by atoms with van der Waals surface area (Å²) in [6.45, 7) is 7.48. The van der Waals surface area contributed by atoms with Gasteiger partial charge in [-0.05, 0) is 28.8 Å². The van der Waals surface area contributed by atoms with Gasteiger partial charge in [0.15, 0.2) is 0 Å². The SMILES string of the molecule is COCCCNC(=O)CN1C(=O)CSC(c2ccsc2)c2c(C(C)(C)C)nn(C)c21. The zero-order valence-corrected chi connectivity index (χ0v) is 19.9. The molecule has 2 amide bonds. The van der Waals surface area contributed by atoms with Crippen molar-refractivity contribution in [2.45, 2.75) is 37.9 Å². The van der Waals surface area contributed by atoms with Crippen LogP contribution in [0, 0.1) is 0 Å². The monoisotopic (exact) mass is 450 g/mol. The molecule has 30 heavy (non-hydrogen) atoms. The fourth-order valence-electron chi connectivity index (χ4n) is 3.57. The van der Waals surface area contributed by atoms with Crippen molar-refractivity contribution in [2.75, 3.05) is 37.5 Å². The van der Waals surface area contributed by atoms with Crippen LogP contribution in [-0.2, 0) is 26.8 Å². The minimum Gasteiger partial charge on any atom is -0.385 e. The first-order chi connectivity index (χ1) is 14.2. The van der Waals surface area contributed by atoms with Crippen molar-refractivity contribution in [2.24, 2.45) is 7.05 Å². The minimum absolute atomic E-state index is 0.00730. The molecule has 0 fully saturated rings. The van der Waals surface area contributed by atoms with E-state index < -0.39 is 0 Å². The van der Waals surface area contributed by atoms with Gasteiger partial charge in [0.05, 0.1) is 16.7 Å². The lowest BCUT2D eigenvalue weighted by molar-refractivity contribution is -0.123. The van der Waals surface area contributed by atoms with E-state index in [-0.39, 0.29) is 29.0 Å². The third-order valence-corrected chi connectivity index (χ3v) is 6.91. The van der Waals surface area contributed by atoms with Gasteiger partial charge < -0.3 is 10.1 Å². The Morgan fingerprint density at radius 2 is 2.17 bits per heavy atom. The summed E-state index contributed by atoms with van der Waals surface area (Å²) in [6, 6.07) is 2.11. The van der Waals surface area contributed by atoms with Gasteiger partial charge in [-0.25, -0.2) is 0 Å². The molecule has 7 nitrogen and oxygen atoms in total. The highest BCUT2D eigenvalue weighted by atomic mass is 32.2. The first-order valence-electron chi connectivity index (χ1n) is 10.0. The van der Waals surface area contributed by atoms with E-state index >= 15 is 0 Å². The molecule has 1 atom stereocenters. The number of methoxy groups -OCH3 is 1. The normalized spacial score (nSPS) is 17.0. The maximum atomic E-state index is 13.1. The fourth-order valence-corrected chi connectivity index (χ4v) is 5.53. The van der Waals surface area contributed by atoms with Crippen LogP contribution in [0.25, 0.3) is 0 Å². The van der Waals surface area contributed by atoms with Crippen LogP contribution in [0.4, 0.5) is 5.82 Å². The lowest BCUT2D eigenvalue weighted by Crippen LogP contribution is -2.42. The van der Waals surface area contributed by atoms with Crippen LogP contribution >= 0.6 is 23.1 Å². The Morgan fingerprint density at radius 3 is 2.80 bits per heavy atom. The Hall–Kier alpha value is -1.84. The number of nitrogens with zero attached hydrogens (tertiary/aromatic N) is 3. The topological polar surface area (TPSA) is 76.5 Å². The molecule has 3 heterocycles. The Morgan fingerprint density at radius 1 is 1.40 bits per heavy atom. The molecule has 164 valence electrons. The van der Waals surface area contributed by atoms with Crippen molar-refractivity contribution >= 4 is 40.7 Å². The lowest BCUT2D eigenvalue weighted by atomic mass is 9.87. The molecule has 0 aliphatic carbocycles. The number of thiophene rings is 1. The van der Waals surface area contributed by atoms with E-state index in [1.165, 1.54) is 5.56 Å². The van der Waals surface area contributed by atoms with Crippen molar-refractivity contribution < 1.29 is 14.3 Å². The Kier molecular flexibility index (Phi) is 7.26. The quantitative estimate of drug-likeness (QED) is 0.656. The van der Waals surface area contributed by atoms with Gasteiger partial charge in [-0.15, -0.1) is 11.8 Å². The summed E-state index contributed by atoms with van der Waals surface area (Å²) in [5.41, 5.74) is 2.97. The number of carbonyl (C=O) groups is 2. The van der Waals surface area contributed by atoms with E-state index in [9.17, 15) is 9.59 Å². The highest BCUT2D eigenvalue weighted by Crippen LogP contribution is 2.47. The van der Waals surface area contributed by atoms with Gasteiger partial charge in [-0.2, -0.15) is 16.4 Å². The molecule has 2 aromatic heterocycles. The van der Waals surface area contributed by atoms with Crippen LogP contribution in [0.2, 0.25) is 0 Å². The number of hydrogen-bond donors (Lipinski definition) is 1. The molecule has 1 unspecified atom stereocenters.